The molecular weight excluding hydrogens is 288 g/mol. The molecule has 0 spiro atoms. The fourth-order valence-electron chi connectivity index (χ4n) is 1.56. The number of ether oxygens (including phenoxy) is 1. The van der Waals surface area contributed by atoms with Crippen LogP contribution in [0.3, 0.4) is 0 Å². The van der Waals surface area contributed by atoms with Crippen LogP contribution in [0.1, 0.15) is 19.0 Å². The van der Waals surface area contributed by atoms with Gasteiger partial charge in [0.1, 0.15) is 5.69 Å². The highest BCUT2D eigenvalue weighted by atomic mass is 35.5. The van der Waals surface area contributed by atoms with Gasteiger partial charge in [0.2, 0.25) is 11.1 Å². The lowest BCUT2D eigenvalue weighted by Crippen LogP contribution is -2.35. The van der Waals surface area contributed by atoms with Gasteiger partial charge < -0.3 is 15.2 Å². The van der Waals surface area contributed by atoms with Gasteiger partial charge in [-0.1, -0.05) is 0 Å². The summed E-state index contributed by atoms with van der Waals surface area (Å²) in [5.41, 5.74) is -1.18. The molecule has 2 N–H and O–H groups in total. The monoisotopic (exact) mass is 304 g/mol. The first-order valence-electron chi connectivity index (χ1n) is 5.90. The molecule has 1 atom stereocenters. The maximum absolute atomic E-state index is 11.0. The number of nitrogens with zero attached hydrogens (tertiary/aromatic N) is 3. The van der Waals surface area contributed by atoms with Crippen molar-refractivity contribution in [3.8, 4) is 0 Å². The molecule has 1 aromatic rings. The van der Waals surface area contributed by atoms with Gasteiger partial charge in [-0.2, -0.15) is 4.98 Å². The van der Waals surface area contributed by atoms with Crippen molar-refractivity contribution in [3.05, 3.63) is 21.1 Å². The van der Waals surface area contributed by atoms with Crippen LogP contribution in [0.5, 0.6) is 0 Å². The molecule has 0 aliphatic carbocycles. The first kappa shape index (κ1) is 16.5. The summed E-state index contributed by atoms with van der Waals surface area (Å²) in [6, 6.07) is 0. The Bertz CT molecular complexity index is 496. The quantitative estimate of drug-likeness (QED) is 0.446. The highest BCUT2D eigenvalue weighted by Crippen LogP contribution is 2.27. The second kappa shape index (κ2) is 6.78. The van der Waals surface area contributed by atoms with E-state index in [9.17, 15) is 15.2 Å². The van der Waals surface area contributed by atoms with E-state index in [1.807, 2.05) is 0 Å². The molecule has 0 saturated heterocycles. The normalized spacial score (nSPS) is 13.8. The molecule has 0 aromatic carbocycles. The van der Waals surface area contributed by atoms with E-state index < -0.39 is 10.5 Å². The molecule has 8 nitrogen and oxygen atoms in total. The van der Waals surface area contributed by atoms with Crippen molar-refractivity contribution in [3.63, 3.8) is 0 Å². The van der Waals surface area contributed by atoms with Gasteiger partial charge in [-0.15, -0.1) is 0 Å². The zero-order valence-electron chi connectivity index (χ0n) is 11.5. The molecule has 0 aliphatic heterocycles. The average molecular weight is 305 g/mol. The molecule has 1 heterocycles. The first-order chi connectivity index (χ1) is 9.26. The Kier molecular flexibility index (Phi) is 5.61. The lowest BCUT2D eigenvalue weighted by atomic mass is 10.0. The van der Waals surface area contributed by atoms with E-state index in [0.29, 0.717) is 13.0 Å². The number of anilines is 1. The third-order valence-electron chi connectivity index (χ3n) is 2.70. The van der Waals surface area contributed by atoms with Crippen molar-refractivity contribution >= 4 is 23.1 Å². The molecule has 0 fully saturated rings. The summed E-state index contributed by atoms with van der Waals surface area (Å²) in [6.07, 6.45) is 0.377. The molecule has 0 bridgehead atoms. The standard InChI is InChI=1S/C11H17ClN4O4/c1-7-8(16(18)19)9(15-10(12)14-7)13-6-11(2,17)4-5-20-3/h17H,4-6H2,1-3H3,(H,13,14,15). The molecule has 0 saturated carbocycles. The maximum atomic E-state index is 11.0. The lowest BCUT2D eigenvalue weighted by molar-refractivity contribution is -0.385. The third kappa shape index (κ3) is 4.55. The summed E-state index contributed by atoms with van der Waals surface area (Å²) in [4.78, 5) is 18.0. The van der Waals surface area contributed by atoms with Crippen LogP contribution in [-0.2, 0) is 4.74 Å². The zero-order chi connectivity index (χ0) is 15.3. The van der Waals surface area contributed by atoms with Gasteiger partial charge in [0, 0.05) is 26.7 Å². The Hall–Kier alpha value is -1.51. The highest BCUT2D eigenvalue weighted by Gasteiger charge is 2.25. The van der Waals surface area contributed by atoms with E-state index in [2.05, 4.69) is 15.3 Å². The summed E-state index contributed by atoms with van der Waals surface area (Å²) >= 11 is 5.69. The molecule has 0 amide bonds. The molecular formula is C11H17ClN4O4. The number of hydrogen-bond acceptors (Lipinski definition) is 7. The third-order valence-corrected chi connectivity index (χ3v) is 2.86. The number of rotatable bonds is 7. The van der Waals surface area contributed by atoms with E-state index in [1.54, 1.807) is 6.92 Å². The van der Waals surface area contributed by atoms with Crippen LogP contribution in [0.4, 0.5) is 11.5 Å². The highest BCUT2D eigenvalue weighted by molar-refractivity contribution is 6.28. The number of aliphatic hydroxyl groups is 1. The van der Waals surface area contributed by atoms with Crippen molar-refractivity contribution in [2.45, 2.75) is 25.9 Å². The van der Waals surface area contributed by atoms with Gasteiger partial charge in [-0.3, -0.25) is 10.1 Å². The summed E-state index contributed by atoms with van der Waals surface area (Å²) in [5, 5.41) is 23.7. The Balaban J connectivity index is 2.89. The molecule has 0 aliphatic rings. The molecule has 9 heteroatoms. The minimum atomic E-state index is -1.09. The lowest BCUT2D eigenvalue weighted by Gasteiger charge is -2.23. The maximum Gasteiger partial charge on any atom is 0.332 e. The van der Waals surface area contributed by atoms with Crippen LogP contribution in [0.2, 0.25) is 5.28 Å². The van der Waals surface area contributed by atoms with E-state index in [0.717, 1.165) is 0 Å². The number of nitro groups is 1. The Morgan fingerprint density at radius 3 is 2.75 bits per heavy atom. The van der Waals surface area contributed by atoms with E-state index in [-0.39, 0.29) is 29.0 Å². The average Bonchev–Trinajstić information content (AvgIpc) is 2.32. The molecule has 0 radical (unpaired) electrons. The number of nitrogens with one attached hydrogen (secondary N) is 1. The van der Waals surface area contributed by atoms with Gasteiger partial charge >= 0.3 is 5.69 Å². The zero-order valence-corrected chi connectivity index (χ0v) is 12.3. The van der Waals surface area contributed by atoms with Gasteiger partial charge in [0.25, 0.3) is 0 Å². The van der Waals surface area contributed by atoms with Crippen molar-refractivity contribution < 1.29 is 14.8 Å². The summed E-state index contributed by atoms with van der Waals surface area (Å²) in [5.74, 6) is -0.00908. The Morgan fingerprint density at radius 1 is 1.55 bits per heavy atom. The predicted molar refractivity (Wildman–Crippen MR) is 74.0 cm³/mol. The molecule has 20 heavy (non-hydrogen) atoms. The molecule has 1 aromatic heterocycles. The van der Waals surface area contributed by atoms with Crippen LogP contribution in [-0.4, -0.2) is 45.9 Å². The summed E-state index contributed by atoms with van der Waals surface area (Å²) < 4.78 is 4.89. The predicted octanol–water partition coefficient (Wildman–Crippen LogP) is 1.55. The SMILES string of the molecule is COCCC(C)(O)CNc1nc(Cl)nc(C)c1[N+](=O)[O-]. The van der Waals surface area contributed by atoms with Crippen molar-refractivity contribution in [2.75, 3.05) is 25.6 Å². The smallest absolute Gasteiger partial charge is 0.332 e. The van der Waals surface area contributed by atoms with Gasteiger partial charge in [-0.05, 0) is 25.4 Å². The Labute approximate surface area is 121 Å². The van der Waals surface area contributed by atoms with Gasteiger partial charge in [-0.25, -0.2) is 4.98 Å². The van der Waals surface area contributed by atoms with Crippen molar-refractivity contribution in [2.24, 2.45) is 0 Å². The molecule has 1 unspecified atom stereocenters. The summed E-state index contributed by atoms with van der Waals surface area (Å²) in [6.45, 7) is 3.52. The molecule has 112 valence electrons. The second-order valence-electron chi connectivity index (χ2n) is 4.63. The first-order valence-corrected chi connectivity index (χ1v) is 6.28. The second-order valence-corrected chi connectivity index (χ2v) is 4.96. The van der Waals surface area contributed by atoms with Crippen molar-refractivity contribution in [1.82, 2.24) is 9.97 Å². The van der Waals surface area contributed by atoms with Crippen LogP contribution < -0.4 is 5.32 Å². The minimum absolute atomic E-state index is 0.00908. The van der Waals surface area contributed by atoms with Gasteiger partial charge in [0.15, 0.2) is 0 Å². The fraction of sp³-hybridized carbons (Fsp3) is 0.636. The summed E-state index contributed by atoms with van der Waals surface area (Å²) in [7, 11) is 1.53. The number of aryl methyl sites for hydroxylation is 1. The number of methoxy groups -OCH3 is 1. The van der Waals surface area contributed by atoms with Crippen LogP contribution in [0.25, 0.3) is 0 Å². The van der Waals surface area contributed by atoms with Crippen molar-refractivity contribution in [1.29, 1.82) is 0 Å². The van der Waals surface area contributed by atoms with Crippen LogP contribution in [0, 0.1) is 17.0 Å². The number of halogens is 1. The Morgan fingerprint density at radius 2 is 2.20 bits per heavy atom. The fourth-order valence-corrected chi connectivity index (χ4v) is 1.77. The van der Waals surface area contributed by atoms with Gasteiger partial charge in [0.05, 0.1) is 10.5 Å². The minimum Gasteiger partial charge on any atom is -0.388 e. The van der Waals surface area contributed by atoms with Crippen LogP contribution in [0.15, 0.2) is 0 Å². The number of aromatic nitrogens is 2. The van der Waals surface area contributed by atoms with E-state index >= 15 is 0 Å². The van der Waals surface area contributed by atoms with Crippen LogP contribution >= 0.6 is 11.6 Å². The molecule has 1 rings (SSSR count). The topological polar surface area (TPSA) is 110 Å². The van der Waals surface area contributed by atoms with E-state index in [4.69, 9.17) is 16.3 Å². The largest absolute Gasteiger partial charge is 0.388 e. The van der Waals surface area contributed by atoms with E-state index in [1.165, 1.54) is 14.0 Å². The number of hydrogen-bond donors (Lipinski definition) is 2.